The van der Waals surface area contributed by atoms with Gasteiger partial charge in [0.05, 0.1) is 10.6 Å². The van der Waals surface area contributed by atoms with Gasteiger partial charge in [0.2, 0.25) is 11.5 Å². The van der Waals surface area contributed by atoms with Crippen molar-refractivity contribution in [3.8, 4) is 0 Å². The molecule has 0 aliphatic carbocycles. The van der Waals surface area contributed by atoms with Gasteiger partial charge in [0.25, 0.3) is 5.91 Å². The van der Waals surface area contributed by atoms with Crippen molar-refractivity contribution in [3.63, 3.8) is 0 Å². The summed E-state index contributed by atoms with van der Waals surface area (Å²) in [4.78, 5) is 60.0. The molecule has 2 unspecified atom stereocenters. The number of hydrogen-bond donors (Lipinski definition) is 2. The Hall–Kier alpha value is -9.28. The van der Waals surface area contributed by atoms with Crippen molar-refractivity contribution in [2.45, 2.75) is 35.6 Å². The number of fused-ring (bicyclic) bond motifs is 1. The van der Waals surface area contributed by atoms with E-state index in [0.29, 0.717) is 10.8 Å². The molecule has 12 nitrogen and oxygen atoms in total. The minimum absolute atomic E-state index is 0.00229. The van der Waals surface area contributed by atoms with Crippen LogP contribution in [0.15, 0.2) is 259 Å². The molecular weight excluding hydrogens is 1090 g/mol. The van der Waals surface area contributed by atoms with Crippen LogP contribution in [0.25, 0.3) is 6.08 Å². The number of thiazole rings is 1. The fourth-order valence-electron chi connectivity index (χ4n) is 10.9. The summed E-state index contributed by atoms with van der Waals surface area (Å²) >= 11 is 3.94. The molecule has 10 aromatic rings. The van der Waals surface area contributed by atoms with Crippen molar-refractivity contribution in [2.24, 2.45) is 10.6 Å². The van der Waals surface area contributed by atoms with Crippen molar-refractivity contribution in [3.05, 3.63) is 315 Å². The number of aromatic nitrogens is 3. The third kappa shape index (κ3) is 10.8. The number of nitrogens with zero attached hydrogens (tertiary/aromatic N) is 5. The number of esters is 1. The van der Waals surface area contributed by atoms with Crippen LogP contribution in [-0.4, -0.2) is 66.7 Å². The number of hydrogen-bond acceptors (Lipinski definition) is 13. The van der Waals surface area contributed by atoms with E-state index in [-0.39, 0.29) is 29.6 Å². The van der Waals surface area contributed by atoms with E-state index in [1.54, 1.807) is 10.3 Å². The molecule has 2 amide bonds. The average molecular weight is 1150 g/mol. The number of amides is 2. The van der Waals surface area contributed by atoms with E-state index in [1.165, 1.54) is 34.6 Å². The van der Waals surface area contributed by atoms with Gasteiger partial charge in [-0.3, -0.25) is 14.4 Å². The van der Waals surface area contributed by atoms with E-state index in [2.05, 4.69) is 56.6 Å². The maximum atomic E-state index is 15.5. The Morgan fingerprint density at radius 2 is 1.12 bits per heavy atom. The number of oxime groups is 1. The van der Waals surface area contributed by atoms with E-state index in [1.807, 2.05) is 225 Å². The number of β-lactam (4-membered cyclic amide) rings is 1. The number of nitrogens with one attached hydrogen (secondary N) is 2. The molecule has 410 valence electrons. The second-order valence-electron chi connectivity index (χ2n) is 20.3. The summed E-state index contributed by atoms with van der Waals surface area (Å²) in [5.74, 6) is -1.31. The number of ether oxygens (including phenoxy) is 1. The number of carbonyl (C=O) groups is 3. The molecule has 8 aromatic carbocycles. The van der Waals surface area contributed by atoms with Gasteiger partial charge >= 0.3 is 5.97 Å². The molecule has 83 heavy (non-hydrogen) atoms. The SMILES string of the molecule is Cc1nnsc1C=CC1(C(=O)OC(c2ccccc2)c2ccccc2)CS[C@@H]2C(NC(=O)C(=NOC(c3ccccc3)(c3ccccc3)c3ccccc3)c3csc(NC(c4ccccc4)(c4ccccc4)c4ccccc4)n3)C(=O)N2C1. The molecule has 12 rings (SSSR count). The molecule has 0 bridgehead atoms. The van der Waals surface area contributed by atoms with Crippen molar-refractivity contribution >= 4 is 69.3 Å². The molecule has 2 aliphatic rings. The first-order valence-corrected chi connectivity index (χ1v) is 29.8. The zero-order chi connectivity index (χ0) is 56.6. The van der Waals surface area contributed by atoms with Gasteiger partial charge in [-0.1, -0.05) is 258 Å². The summed E-state index contributed by atoms with van der Waals surface area (Å²) < 4.78 is 10.7. The van der Waals surface area contributed by atoms with Gasteiger partial charge in [0.15, 0.2) is 16.9 Å². The molecule has 2 saturated heterocycles. The van der Waals surface area contributed by atoms with E-state index in [0.717, 1.165) is 49.4 Å². The Morgan fingerprint density at radius 1 is 0.663 bits per heavy atom. The average Bonchev–Trinajstić information content (AvgIpc) is 4.00. The molecular formula is C68H55N7O5S3. The number of aryl methyl sites for hydroxylation is 1. The predicted molar refractivity (Wildman–Crippen MR) is 329 cm³/mol. The third-order valence-electron chi connectivity index (χ3n) is 15.2. The Bertz CT molecular complexity index is 3660. The topological polar surface area (TPSA) is 148 Å². The Balaban J connectivity index is 0.910. The Kier molecular flexibility index (Phi) is 15.7. The maximum Gasteiger partial charge on any atom is 0.319 e. The molecule has 15 heteroatoms. The Morgan fingerprint density at radius 3 is 1.58 bits per heavy atom. The van der Waals surface area contributed by atoms with Gasteiger partial charge in [-0.15, -0.1) is 28.2 Å². The molecule has 2 aromatic heterocycles. The van der Waals surface area contributed by atoms with Crippen LogP contribution < -0.4 is 10.6 Å². The molecule has 3 atom stereocenters. The second kappa shape index (κ2) is 24.0. The van der Waals surface area contributed by atoms with E-state index >= 15 is 9.59 Å². The van der Waals surface area contributed by atoms with Crippen LogP contribution in [0.4, 0.5) is 5.13 Å². The summed E-state index contributed by atoms with van der Waals surface area (Å²) in [7, 11) is 0. The standard InChI is InChI=1S/C68H55N7O5S3/c1-47-57(83-74-72-47)42-43-66(64(78)79-60(48-26-10-2-11-27-48)49-28-12-3-13-29-49)45-75-62(77)59(63(75)82-46-66)70-61(76)58(73-80-68(53-36-20-7-21-37-53,54-38-22-8-23-39-54)55-40-24-9-25-41-55)56-44-81-65(69-56)71-67(50-30-14-4-15-31-50,51-32-16-5-17-33-51)52-34-18-6-19-35-52/h2-44,59-60,63H,45-46H2,1H3,(H,69,71)(H,70,76)/t59?,63-,66?/m1/s1. The maximum absolute atomic E-state index is 15.5. The van der Waals surface area contributed by atoms with Gasteiger partial charge in [0, 0.05) is 34.4 Å². The lowest BCUT2D eigenvalue weighted by Crippen LogP contribution is -2.74. The van der Waals surface area contributed by atoms with Crippen LogP contribution in [0.5, 0.6) is 0 Å². The van der Waals surface area contributed by atoms with Gasteiger partial charge in [-0.25, -0.2) is 4.98 Å². The molecule has 2 aliphatic heterocycles. The van der Waals surface area contributed by atoms with Gasteiger partial charge in [-0.2, -0.15) is 0 Å². The van der Waals surface area contributed by atoms with Crippen molar-refractivity contribution in [2.75, 3.05) is 17.6 Å². The minimum atomic E-state index is -1.36. The van der Waals surface area contributed by atoms with Crippen LogP contribution in [0.3, 0.4) is 0 Å². The summed E-state index contributed by atoms with van der Waals surface area (Å²) in [6, 6.07) is 78.1. The van der Waals surface area contributed by atoms with Gasteiger partial charge in [-0.05, 0) is 52.3 Å². The van der Waals surface area contributed by atoms with E-state index in [4.69, 9.17) is 19.7 Å². The molecule has 0 saturated carbocycles. The van der Waals surface area contributed by atoms with Crippen LogP contribution >= 0.6 is 34.6 Å². The first-order chi connectivity index (χ1) is 40.8. The zero-order valence-corrected chi connectivity index (χ0v) is 47.4. The normalized spacial score (nSPS) is 17.1. The highest BCUT2D eigenvalue weighted by Crippen LogP contribution is 2.47. The lowest BCUT2D eigenvalue weighted by atomic mass is 9.77. The molecule has 0 spiro atoms. The van der Waals surface area contributed by atoms with Gasteiger partial charge in [0.1, 0.15) is 28.1 Å². The smallest absolute Gasteiger partial charge is 0.319 e. The fourth-order valence-corrected chi connectivity index (χ4v) is 13.7. The third-order valence-corrected chi connectivity index (χ3v) is 18.3. The summed E-state index contributed by atoms with van der Waals surface area (Å²) in [6.07, 6.45) is 2.94. The minimum Gasteiger partial charge on any atom is -0.452 e. The van der Waals surface area contributed by atoms with Crippen LogP contribution in [0.2, 0.25) is 0 Å². The van der Waals surface area contributed by atoms with E-state index in [9.17, 15) is 4.79 Å². The summed E-state index contributed by atoms with van der Waals surface area (Å²) in [5.41, 5.74) is 3.99. The Labute approximate surface area is 493 Å². The first kappa shape index (κ1) is 54.3. The van der Waals surface area contributed by atoms with Gasteiger partial charge < -0.3 is 25.1 Å². The highest BCUT2D eigenvalue weighted by molar-refractivity contribution is 8.00. The number of anilines is 1. The summed E-state index contributed by atoms with van der Waals surface area (Å²) in [5, 5.41) is 17.8. The van der Waals surface area contributed by atoms with E-state index < -0.39 is 46.0 Å². The lowest BCUT2D eigenvalue weighted by molar-refractivity contribution is -0.162. The predicted octanol–water partition coefficient (Wildman–Crippen LogP) is 12.9. The van der Waals surface area contributed by atoms with Crippen molar-refractivity contribution < 1.29 is 24.0 Å². The number of rotatable bonds is 19. The first-order valence-electron chi connectivity index (χ1n) is 27.1. The lowest BCUT2D eigenvalue weighted by Gasteiger charge is -2.53. The largest absolute Gasteiger partial charge is 0.452 e. The monoisotopic (exact) mass is 1150 g/mol. The van der Waals surface area contributed by atoms with Crippen molar-refractivity contribution in [1.29, 1.82) is 0 Å². The quantitative estimate of drug-likeness (QED) is 0.0264. The fraction of sp³-hybridized carbons (Fsp3) is 0.132. The highest BCUT2D eigenvalue weighted by Gasteiger charge is 2.58. The van der Waals surface area contributed by atoms with Crippen LogP contribution in [0, 0.1) is 12.3 Å². The molecule has 2 N–H and O–H groups in total. The highest BCUT2D eigenvalue weighted by atomic mass is 32.2. The molecule has 0 radical (unpaired) electrons. The van der Waals surface area contributed by atoms with Crippen molar-refractivity contribution in [1.82, 2.24) is 24.8 Å². The van der Waals surface area contributed by atoms with Crippen LogP contribution in [0.1, 0.15) is 66.9 Å². The number of carbonyl (C=O) groups excluding carboxylic acids is 3. The molecule has 2 fully saturated rings. The summed E-state index contributed by atoms with van der Waals surface area (Å²) in [6.45, 7) is 1.86. The molecule has 4 heterocycles. The second-order valence-corrected chi connectivity index (χ2v) is 23.0. The number of thioether (sulfide) groups is 1. The van der Waals surface area contributed by atoms with Crippen LogP contribution in [-0.2, 0) is 35.1 Å². The number of benzene rings is 8. The zero-order valence-electron chi connectivity index (χ0n) is 45.0.